The van der Waals surface area contributed by atoms with Crippen LogP contribution in [0.25, 0.3) is 11.4 Å². The molecule has 0 radical (unpaired) electrons. The van der Waals surface area contributed by atoms with Gasteiger partial charge in [0.2, 0.25) is 0 Å². The van der Waals surface area contributed by atoms with Crippen molar-refractivity contribution in [2.24, 2.45) is 7.05 Å². The number of hydrogen-bond acceptors (Lipinski definition) is 4. The van der Waals surface area contributed by atoms with E-state index in [1.807, 2.05) is 0 Å². The Hall–Kier alpha value is -1.63. The second kappa shape index (κ2) is 3.20. The van der Waals surface area contributed by atoms with Crippen LogP contribution in [0.15, 0.2) is 34.2 Å². The Labute approximate surface area is 85.4 Å². The molecule has 0 saturated heterocycles. The van der Waals surface area contributed by atoms with Gasteiger partial charge < -0.3 is 8.98 Å². The van der Waals surface area contributed by atoms with Crippen LogP contribution >= 0.6 is 0 Å². The number of nitrogens with zero attached hydrogens (tertiary/aromatic N) is 2. The molecule has 0 aliphatic heterocycles. The molecule has 2 rings (SSSR count). The number of halogens is 1. The average molecular weight is 230 g/mol. The monoisotopic (exact) mass is 230 g/mol. The molecule has 7 heteroatoms. The van der Waals surface area contributed by atoms with Crippen molar-refractivity contribution in [2.45, 2.75) is 5.09 Å². The second-order valence-corrected chi connectivity index (χ2v) is 4.17. The first-order chi connectivity index (χ1) is 7.00. The van der Waals surface area contributed by atoms with Gasteiger partial charge in [0.05, 0.1) is 11.8 Å². The van der Waals surface area contributed by atoms with Crippen LogP contribution in [0.3, 0.4) is 0 Å². The van der Waals surface area contributed by atoms with Crippen LogP contribution in [0.2, 0.25) is 0 Å². The topological polar surface area (TPSA) is 65.1 Å². The van der Waals surface area contributed by atoms with Crippen LogP contribution in [0.4, 0.5) is 3.89 Å². The van der Waals surface area contributed by atoms with Crippen molar-refractivity contribution in [1.82, 2.24) is 9.55 Å². The van der Waals surface area contributed by atoms with Crippen LogP contribution in [0.1, 0.15) is 0 Å². The lowest BCUT2D eigenvalue weighted by atomic mass is 10.3. The molecule has 0 saturated carbocycles. The van der Waals surface area contributed by atoms with Crippen LogP contribution in [-0.2, 0) is 17.3 Å². The van der Waals surface area contributed by atoms with Crippen LogP contribution in [0, 0.1) is 0 Å². The van der Waals surface area contributed by atoms with Crippen molar-refractivity contribution in [3.63, 3.8) is 0 Å². The van der Waals surface area contributed by atoms with Gasteiger partial charge in [0.15, 0.2) is 0 Å². The Morgan fingerprint density at radius 1 is 1.53 bits per heavy atom. The zero-order valence-electron chi connectivity index (χ0n) is 7.71. The number of hydrogen-bond donors (Lipinski definition) is 0. The highest BCUT2D eigenvalue weighted by atomic mass is 32.3. The molecule has 0 fully saturated rings. The summed E-state index contributed by atoms with van der Waals surface area (Å²) in [6, 6.07) is 1.36. The minimum Gasteiger partial charge on any atom is -0.450 e. The van der Waals surface area contributed by atoms with Crippen molar-refractivity contribution in [2.75, 3.05) is 0 Å². The van der Waals surface area contributed by atoms with Crippen molar-refractivity contribution < 1.29 is 16.7 Å². The van der Waals surface area contributed by atoms with Crippen LogP contribution < -0.4 is 0 Å². The van der Waals surface area contributed by atoms with Crippen LogP contribution in [0.5, 0.6) is 0 Å². The SMILES string of the molecule is Cn1ccnc1-c1ccoc1S(=O)(=O)F. The Morgan fingerprint density at radius 2 is 2.27 bits per heavy atom. The molecule has 0 unspecified atom stereocenters. The predicted octanol–water partition coefficient (Wildman–Crippen LogP) is 1.34. The molecule has 0 atom stereocenters. The molecule has 0 aliphatic rings. The lowest BCUT2D eigenvalue weighted by molar-refractivity contribution is 0.435. The van der Waals surface area contributed by atoms with E-state index in [9.17, 15) is 12.3 Å². The largest absolute Gasteiger partial charge is 0.450 e. The quantitative estimate of drug-likeness (QED) is 0.730. The van der Waals surface area contributed by atoms with E-state index in [1.165, 1.54) is 12.3 Å². The minimum absolute atomic E-state index is 0.116. The van der Waals surface area contributed by atoms with Gasteiger partial charge in [-0.1, -0.05) is 3.89 Å². The summed E-state index contributed by atoms with van der Waals surface area (Å²) >= 11 is 0. The lowest BCUT2D eigenvalue weighted by Crippen LogP contribution is -1.96. The Morgan fingerprint density at radius 3 is 2.80 bits per heavy atom. The fourth-order valence-electron chi connectivity index (χ4n) is 1.28. The molecular weight excluding hydrogens is 223 g/mol. The van der Waals surface area contributed by atoms with Gasteiger partial charge >= 0.3 is 10.2 Å². The van der Waals surface area contributed by atoms with Gasteiger partial charge in [0.25, 0.3) is 5.09 Å². The van der Waals surface area contributed by atoms with Crippen molar-refractivity contribution in [3.05, 3.63) is 24.7 Å². The number of rotatable bonds is 2. The van der Waals surface area contributed by atoms with E-state index in [2.05, 4.69) is 9.40 Å². The molecule has 5 nitrogen and oxygen atoms in total. The first kappa shape index (κ1) is 9.91. The fraction of sp³-hybridized carbons (Fsp3) is 0.125. The summed E-state index contributed by atoms with van der Waals surface area (Å²) in [7, 11) is -3.18. The summed E-state index contributed by atoms with van der Waals surface area (Å²) in [4.78, 5) is 3.90. The summed E-state index contributed by atoms with van der Waals surface area (Å²) < 4.78 is 40.4. The molecule has 2 heterocycles. The molecule has 0 aliphatic carbocycles. The maximum Gasteiger partial charge on any atom is 0.366 e. The van der Waals surface area contributed by atoms with Gasteiger partial charge in [-0.15, -0.1) is 0 Å². The average Bonchev–Trinajstić information content (AvgIpc) is 2.69. The summed E-state index contributed by atoms with van der Waals surface area (Å²) in [5.41, 5.74) is 0.116. The van der Waals surface area contributed by atoms with Crippen molar-refractivity contribution >= 4 is 10.2 Å². The third kappa shape index (κ3) is 1.65. The summed E-state index contributed by atoms with van der Waals surface area (Å²) in [5.74, 6) is 0.333. The first-order valence-corrected chi connectivity index (χ1v) is 5.38. The summed E-state index contributed by atoms with van der Waals surface area (Å²) in [6.07, 6.45) is 4.21. The van der Waals surface area contributed by atoms with Gasteiger partial charge in [-0.05, 0) is 6.07 Å². The van der Waals surface area contributed by atoms with Crippen molar-refractivity contribution in [3.8, 4) is 11.4 Å². The minimum atomic E-state index is -4.85. The predicted molar refractivity (Wildman–Crippen MR) is 49.2 cm³/mol. The highest BCUT2D eigenvalue weighted by Gasteiger charge is 2.24. The third-order valence-electron chi connectivity index (χ3n) is 1.91. The van der Waals surface area contributed by atoms with Crippen LogP contribution in [-0.4, -0.2) is 18.0 Å². The van der Waals surface area contributed by atoms with Gasteiger partial charge in [-0.2, -0.15) is 8.42 Å². The molecule has 80 valence electrons. The molecular formula is C8H7FN2O3S. The molecule has 0 N–H and O–H groups in total. The molecule has 0 spiro atoms. The number of furan rings is 1. The standard InChI is InChI=1S/C8H7FN2O3S/c1-11-4-3-10-7(11)6-2-5-14-8(6)15(9,12)13/h2-5H,1H3. The molecule has 0 bridgehead atoms. The Kier molecular flexibility index (Phi) is 2.11. The zero-order valence-corrected chi connectivity index (χ0v) is 8.53. The van der Waals surface area contributed by atoms with E-state index < -0.39 is 15.3 Å². The van der Waals surface area contributed by atoms with E-state index in [1.54, 1.807) is 17.8 Å². The van der Waals surface area contributed by atoms with E-state index in [-0.39, 0.29) is 5.56 Å². The normalized spacial score (nSPS) is 11.9. The van der Waals surface area contributed by atoms with Crippen molar-refractivity contribution in [1.29, 1.82) is 0 Å². The van der Waals surface area contributed by atoms with Gasteiger partial charge in [0.1, 0.15) is 5.82 Å². The van der Waals surface area contributed by atoms with Gasteiger partial charge in [-0.3, -0.25) is 0 Å². The molecule has 2 aromatic heterocycles. The summed E-state index contributed by atoms with van der Waals surface area (Å²) in [6.45, 7) is 0. The maximum atomic E-state index is 12.8. The number of imidazole rings is 1. The van der Waals surface area contributed by atoms with Gasteiger partial charge in [-0.25, -0.2) is 4.98 Å². The van der Waals surface area contributed by atoms with E-state index in [0.29, 0.717) is 5.82 Å². The van der Waals surface area contributed by atoms with E-state index in [0.717, 1.165) is 6.26 Å². The Bertz CT molecular complexity index is 585. The summed E-state index contributed by atoms with van der Waals surface area (Å²) in [5, 5.41) is -0.711. The smallest absolute Gasteiger partial charge is 0.366 e. The highest BCUT2D eigenvalue weighted by molar-refractivity contribution is 7.86. The first-order valence-electron chi connectivity index (χ1n) is 4.00. The Balaban J connectivity index is 2.66. The number of aryl methyl sites for hydroxylation is 1. The zero-order chi connectivity index (χ0) is 11.1. The van der Waals surface area contributed by atoms with E-state index >= 15 is 0 Å². The molecule has 0 aromatic carbocycles. The van der Waals surface area contributed by atoms with E-state index in [4.69, 9.17) is 0 Å². The lowest BCUT2D eigenvalue weighted by Gasteiger charge is -1.98. The second-order valence-electron chi connectivity index (χ2n) is 2.92. The fourth-order valence-corrected chi connectivity index (χ4v) is 1.87. The maximum absolute atomic E-state index is 12.8. The van der Waals surface area contributed by atoms with Gasteiger partial charge in [0, 0.05) is 19.4 Å². The molecule has 0 amide bonds. The molecule has 15 heavy (non-hydrogen) atoms. The highest BCUT2D eigenvalue weighted by Crippen LogP contribution is 2.27. The number of aromatic nitrogens is 2. The molecule has 2 aromatic rings. The third-order valence-corrected chi connectivity index (χ3v) is 2.67.